The number of ether oxygens (including phenoxy) is 1. The second-order valence-electron chi connectivity index (χ2n) is 8.11. The molecule has 0 bridgehead atoms. The third kappa shape index (κ3) is 7.55. The topological polar surface area (TPSA) is 75.7 Å². The fourth-order valence-corrected chi connectivity index (χ4v) is 3.23. The zero-order valence-corrected chi connectivity index (χ0v) is 18.8. The molecule has 0 aliphatic rings. The number of nitrogens with one attached hydrogen (secondary N) is 1. The number of hydrogen-bond donors (Lipinski definition) is 1. The van der Waals surface area contributed by atoms with Crippen molar-refractivity contribution >= 4 is 23.5 Å². The van der Waals surface area contributed by atoms with Crippen molar-refractivity contribution in [3.05, 3.63) is 65.7 Å². The van der Waals surface area contributed by atoms with Crippen LogP contribution in [0.1, 0.15) is 60.7 Å². The Morgan fingerprint density at radius 2 is 1.52 bits per heavy atom. The maximum atomic E-state index is 12.9. The summed E-state index contributed by atoms with van der Waals surface area (Å²) >= 11 is 0. The molecule has 1 unspecified atom stereocenters. The number of para-hydroxylation sites is 1. The highest BCUT2D eigenvalue weighted by Gasteiger charge is 2.22. The molecule has 2 aromatic carbocycles. The largest absolute Gasteiger partial charge is 0.452 e. The van der Waals surface area contributed by atoms with Crippen LogP contribution >= 0.6 is 0 Å². The summed E-state index contributed by atoms with van der Waals surface area (Å²) in [5, 5.41) is 2.85. The summed E-state index contributed by atoms with van der Waals surface area (Å²) in [5.41, 5.74) is 1.07. The Labute approximate surface area is 184 Å². The van der Waals surface area contributed by atoms with E-state index in [1.54, 1.807) is 25.2 Å². The third-order valence-electron chi connectivity index (χ3n) is 4.99. The molecule has 1 atom stereocenters. The first kappa shape index (κ1) is 24.1. The monoisotopic (exact) mass is 424 g/mol. The second-order valence-corrected chi connectivity index (χ2v) is 8.11. The van der Waals surface area contributed by atoms with E-state index in [1.165, 1.54) is 11.0 Å². The number of esters is 1. The van der Waals surface area contributed by atoms with Gasteiger partial charge in [0.05, 0.1) is 11.1 Å². The van der Waals surface area contributed by atoms with E-state index in [4.69, 9.17) is 4.74 Å². The molecule has 0 saturated carbocycles. The van der Waals surface area contributed by atoms with E-state index in [9.17, 15) is 14.4 Å². The fourth-order valence-electron chi connectivity index (χ4n) is 3.23. The average Bonchev–Trinajstić information content (AvgIpc) is 2.76. The summed E-state index contributed by atoms with van der Waals surface area (Å²) in [7, 11) is 1.65. The van der Waals surface area contributed by atoms with E-state index in [1.807, 2.05) is 37.3 Å². The lowest BCUT2D eigenvalue weighted by Crippen LogP contribution is -2.36. The molecule has 0 fully saturated rings. The van der Waals surface area contributed by atoms with Gasteiger partial charge in [0.2, 0.25) is 0 Å². The molecular weight excluding hydrogens is 392 g/mol. The van der Waals surface area contributed by atoms with E-state index >= 15 is 0 Å². The number of amides is 2. The Kier molecular flexibility index (Phi) is 9.25. The van der Waals surface area contributed by atoms with Crippen molar-refractivity contribution < 1.29 is 19.1 Å². The molecular formula is C25H32N2O4. The molecule has 31 heavy (non-hydrogen) atoms. The summed E-state index contributed by atoms with van der Waals surface area (Å²) in [6.45, 7) is 5.89. The first-order valence-electron chi connectivity index (χ1n) is 10.7. The SMILES string of the molecule is CC(C)CCCC(C)NC(=O)COC(=O)c1ccccc1C(=O)N(C)c1ccccc1. The Morgan fingerprint density at radius 3 is 2.16 bits per heavy atom. The van der Waals surface area contributed by atoms with Crippen molar-refractivity contribution in [1.29, 1.82) is 0 Å². The normalized spacial score (nSPS) is 11.6. The molecule has 0 aromatic heterocycles. The van der Waals surface area contributed by atoms with Gasteiger partial charge in [0.1, 0.15) is 0 Å². The fraction of sp³-hybridized carbons (Fsp3) is 0.400. The zero-order valence-electron chi connectivity index (χ0n) is 18.8. The van der Waals surface area contributed by atoms with Crippen molar-refractivity contribution in [2.24, 2.45) is 5.92 Å². The number of anilines is 1. The summed E-state index contributed by atoms with van der Waals surface area (Å²) in [6, 6.07) is 15.6. The van der Waals surface area contributed by atoms with Crippen LogP contribution in [0.4, 0.5) is 5.69 Å². The second kappa shape index (κ2) is 11.9. The van der Waals surface area contributed by atoms with Crippen molar-refractivity contribution in [2.45, 2.75) is 46.1 Å². The van der Waals surface area contributed by atoms with Gasteiger partial charge < -0.3 is 15.0 Å². The van der Waals surface area contributed by atoms with E-state index < -0.39 is 5.97 Å². The van der Waals surface area contributed by atoms with Gasteiger partial charge in [0.15, 0.2) is 6.61 Å². The number of rotatable bonds is 10. The van der Waals surface area contributed by atoms with Crippen LogP contribution in [0.25, 0.3) is 0 Å². The van der Waals surface area contributed by atoms with Crippen molar-refractivity contribution in [3.63, 3.8) is 0 Å². The standard InChI is InChI=1S/C25H32N2O4/c1-18(2)11-10-12-19(3)26-23(28)17-31-25(30)22-16-9-8-15-21(22)24(29)27(4)20-13-6-5-7-14-20/h5-9,13-16,18-19H,10-12,17H2,1-4H3,(H,26,28). The van der Waals surface area contributed by atoms with Gasteiger partial charge in [-0.1, -0.05) is 57.0 Å². The maximum absolute atomic E-state index is 12.9. The van der Waals surface area contributed by atoms with E-state index in [0.29, 0.717) is 11.6 Å². The zero-order chi connectivity index (χ0) is 22.8. The predicted octanol–water partition coefficient (Wildman–Crippen LogP) is 4.45. The molecule has 0 spiro atoms. The van der Waals surface area contributed by atoms with Crippen molar-refractivity contribution in [2.75, 3.05) is 18.6 Å². The summed E-state index contributed by atoms with van der Waals surface area (Å²) in [5.74, 6) is -0.752. The van der Waals surface area contributed by atoms with E-state index in [0.717, 1.165) is 19.3 Å². The molecule has 2 rings (SSSR count). The number of carbonyl (C=O) groups is 3. The number of hydrogen-bond acceptors (Lipinski definition) is 4. The van der Waals surface area contributed by atoms with Gasteiger partial charge in [-0.25, -0.2) is 4.79 Å². The first-order valence-corrected chi connectivity index (χ1v) is 10.7. The molecule has 0 heterocycles. The molecule has 0 aliphatic heterocycles. The van der Waals surface area contributed by atoms with Gasteiger partial charge in [-0.2, -0.15) is 0 Å². The summed E-state index contributed by atoms with van der Waals surface area (Å²) in [4.78, 5) is 39.1. The first-order chi connectivity index (χ1) is 14.8. The third-order valence-corrected chi connectivity index (χ3v) is 4.99. The highest BCUT2D eigenvalue weighted by atomic mass is 16.5. The molecule has 0 radical (unpaired) electrons. The number of carbonyl (C=O) groups excluding carboxylic acids is 3. The lowest BCUT2D eigenvalue weighted by Gasteiger charge is -2.19. The molecule has 166 valence electrons. The Hall–Kier alpha value is -3.15. The van der Waals surface area contributed by atoms with Gasteiger partial charge in [-0.05, 0) is 43.5 Å². The number of nitrogens with zero attached hydrogens (tertiary/aromatic N) is 1. The van der Waals surface area contributed by atoms with Crippen LogP contribution in [-0.2, 0) is 9.53 Å². The highest BCUT2D eigenvalue weighted by Crippen LogP contribution is 2.18. The molecule has 0 saturated heterocycles. The van der Waals surface area contributed by atoms with Crippen LogP contribution in [-0.4, -0.2) is 37.5 Å². The smallest absolute Gasteiger partial charge is 0.339 e. The van der Waals surface area contributed by atoms with Gasteiger partial charge in [-0.3, -0.25) is 9.59 Å². The average molecular weight is 425 g/mol. The van der Waals surface area contributed by atoms with Gasteiger partial charge in [-0.15, -0.1) is 0 Å². The molecule has 2 amide bonds. The Bertz CT molecular complexity index is 880. The lowest BCUT2D eigenvalue weighted by atomic mass is 10.0. The minimum Gasteiger partial charge on any atom is -0.452 e. The van der Waals surface area contributed by atoms with Crippen LogP contribution in [0.2, 0.25) is 0 Å². The Balaban J connectivity index is 1.95. The predicted molar refractivity (Wildman–Crippen MR) is 122 cm³/mol. The molecule has 1 N–H and O–H groups in total. The minimum absolute atomic E-state index is 0.0124. The summed E-state index contributed by atoms with van der Waals surface area (Å²) < 4.78 is 5.19. The lowest BCUT2D eigenvalue weighted by molar-refractivity contribution is -0.124. The van der Waals surface area contributed by atoms with Crippen LogP contribution in [0.5, 0.6) is 0 Å². The van der Waals surface area contributed by atoms with Crippen LogP contribution in [0, 0.1) is 5.92 Å². The maximum Gasteiger partial charge on any atom is 0.339 e. The van der Waals surface area contributed by atoms with Crippen molar-refractivity contribution in [3.8, 4) is 0 Å². The number of benzene rings is 2. The van der Waals surface area contributed by atoms with Gasteiger partial charge in [0.25, 0.3) is 11.8 Å². The van der Waals surface area contributed by atoms with Crippen LogP contribution < -0.4 is 10.2 Å². The highest BCUT2D eigenvalue weighted by molar-refractivity contribution is 6.12. The van der Waals surface area contributed by atoms with Crippen LogP contribution in [0.3, 0.4) is 0 Å². The Morgan fingerprint density at radius 1 is 0.903 bits per heavy atom. The van der Waals surface area contributed by atoms with Crippen molar-refractivity contribution in [1.82, 2.24) is 5.32 Å². The van der Waals surface area contributed by atoms with Gasteiger partial charge in [0, 0.05) is 18.8 Å². The molecule has 2 aromatic rings. The van der Waals surface area contributed by atoms with Gasteiger partial charge >= 0.3 is 5.97 Å². The van der Waals surface area contributed by atoms with Crippen LogP contribution in [0.15, 0.2) is 54.6 Å². The quantitative estimate of drug-likeness (QED) is 0.572. The van der Waals surface area contributed by atoms with E-state index in [-0.39, 0.29) is 35.6 Å². The molecule has 0 aliphatic carbocycles. The molecule has 6 heteroatoms. The van der Waals surface area contributed by atoms with E-state index in [2.05, 4.69) is 19.2 Å². The minimum atomic E-state index is -0.701. The molecule has 6 nitrogen and oxygen atoms in total. The summed E-state index contributed by atoms with van der Waals surface area (Å²) in [6.07, 6.45) is 3.02.